The number of rotatable bonds is 15. The Balaban J connectivity index is 1.41. The van der Waals surface area contributed by atoms with E-state index in [1.165, 1.54) is 23.5 Å². The third-order valence-corrected chi connectivity index (χ3v) is 10.3. The van der Waals surface area contributed by atoms with Crippen molar-refractivity contribution in [3.05, 3.63) is 54.1 Å². The molecule has 2 heterocycles. The SMILES string of the molecule is CCC[C@H](NC(=O)[C@@H]1C[C@@H](Oc2ccc(F)cc2F)CN1C(=O)[C@@H](NC(=O)[C@@H](NC(=O)c1cnccn1)C1CCCCC1)C(C)(C)C)C(=O)C(=O)NC1CC1. The van der Waals surface area contributed by atoms with E-state index in [0.717, 1.165) is 44.2 Å². The van der Waals surface area contributed by atoms with E-state index >= 15 is 0 Å². The van der Waals surface area contributed by atoms with Gasteiger partial charge >= 0.3 is 0 Å². The standard InChI is InChI=1S/C39H51F2N7O7/c1-5-9-27(32(49)37(53)44-24-13-14-24)45-35(51)29-19-25(55-30-15-12-23(40)18-26(30)41)21-48(29)38(54)33(39(2,3)4)47-36(52)31(22-10-7-6-8-11-22)46-34(50)28-20-42-16-17-43-28/h12,15-18,20,22,24-25,27,29,31,33H,5-11,13-14,19,21H2,1-4H3,(H,44,53)(H,45,51)(H,46,50)(H,47,52)/t25-,27+,29+,31+,33-/m1/s1. The summed E-state index contributed by atoms with van der Waals surface area (Å²) in [5.74, 6) is -6.48. The van der Waals surface area contributed by atoms with E-state index in [2.05, 4.69) is 31.2 Å². The highest BCUT2D eigenvalue weighted by Crippen LogP contribution is 2.31. The Morgan fingerprint density at radius 3 is 2.31 bits per heavy atom. The first kappa shape index (κ1) is 41.1. The summed E-state index contributed by atoms with van der Waals surface area (Å²) >= 11 is 0. The van der Waals surface area contributed by atoms with Crippen LogP contribution in [0.1, 0.15) is 102 Å². The Morgan fingerprint density at radius 2 is 1.69 bits per heavy atom. The quantitative estimate of drug-likeness (QED) is 0.198. The van der Waals surface area contributed by atoms with E-state index in [1.807, 2.05) is 0 Å². The highest BCUT2D eigenvalue weighted by Gasteiger charge is 2.47. The summed E-state index contributed by atoms with van der Waals surface area (Å²) in [4.78, 5) is 91.3. The van der Waals surface area contributed by atoms with E-state index in [0.29, 0.717) is 25.3 Å². The van der Waals surface area contributed by atoms with Gasteiger partial charge in [-0.3, -0.25) is 33.8 Å². The topological polar surface area (TPSA) is 189 Å². The first-order chi connectivity index (χ1) is 26.2. The second kappa shape index (κ2) is 18.1. The van der Waals surface area contributed by atoms with E-state index < -0.39 is 82.6 Å². The van der Waals surface area contributed by atoms with Crippen LogP contribution < -0.4 is 26.0 Å². The highest BCUT2D eigenvalue weighted by atomic mass is 19.1. The molecule has 0 bridgehead atoms. The van der Waals surface area contributed by atoms with Gasteiger partial charge in [0.05, 0.1) is 18.8 Å². The molecule has 1 aromatic carbocycles. The summed E-state index contributed by atoms with van der Waals surface area (Å²) in [5.41, 5.74) is -0.900. The Bertz CT molecular complexity index is 1730. The Morgan fingerprint density at radius 1 is 0.964 bits per heavy atom. The van der Waals surface area contributed by atoms with Gasteiger partial charge in [-0.25, -0.2) is 13.8 Å². The summed E-state index contributed by atoms with van der Waals surface area (Å²) in [5, 5.41) is 11.0. The largest absolute Gasteiger partial charge is 0.485 e. The van der Waals surface area contributed by atoms with Crippen molar-refractivity contribution in [3.63, 3.8) is 0 Å². The Kier molecular flexibility index (Phi) is 13.5. The third-order valence-electron chi connectivity index (χ3n) is 10.3. The minimum Gasteiger partial charge on any atom is -0.485 e. The van der Waals surface area contributed by atoms with E-state index in [4.69, 9.17) is 4.74 Å². The van der Waals surface area contributed by atoms with Crippen molar-refractivity contribution in [2.75, 3.05) is 6.54 Å². The molecule has 55 heavy (non-hydrogen) atoms. The van der Waals surface area contributed by atoms with Crippen LogP contribution >= 0.6 is 0 Å². The molecule has 1 aromatic heterocycles. The average molecular weight is 768 g/mol. The number of likely N-dealkylation sites (tertiary alicyclic amines) is 1. The van der Waals surface area contributed by atoms with Crippen LogP contribution in [0.4, 0.5) is 8.78 Å². The molecule has 5 amide bonds. The zero-order valence-electron chi connectivity index (χ0n) is 31.7. The van der Waals surface area contributed by atoms with Crippen LogP contribution in [0.25, 0.3) is 0 Å². The number of hydrogen-bond donors (Lipinski definition) is 4. The van der Waals surface area contributed by atoms with Crippen molar-refractivity contribution in [1.29, 1.82) is 0 Å². The number of carbonyl (C=O) groups excluding carboxylic acids is 6. The monoisotopic (exact) mass is 767 g/mol. The second-order valence-electron chi connectivity index (χ2n) is 15.8. The van der Waals surface area contributed by atoms with Crippen LogP contribution in [-0.2, 0) is 24.0 Å². The first-order valence-electron chi connectivity index (χ1n) is 19.1. The molecular weight excluding hydrogens is 716 g/mol. The third kappa shape index (κ3) is 10.8. The van der Waals surface area contributed by atoms with E-state index in [-0.39, 0.29) is 42.8 Å². The molecular formula is C39H51F2N7O7. The number of carbonyl (C=O) groups is 6. The maximum absolute atomic E-state index is 14.7. The molecule has 0 radical (unpaired) electrons. The lowest BCUT2D eigenvalue weighted by Crippen LogP contribution is -2.62. The molecule has 5 rings (SSSR count). The van der Waals surface area contributed by atoms with Crippen LogP contribution in [-0.4, -0.2) is 93.0 Å². The molecule has 2 aromatic rings. The van der Waals surface area contributed by atoms with Crippen LogP contribution in [0.3, 0.4) is 0 Å². The molecule has 3 aliphatic rings. The number of halogens is 2. The number of benzene rings is 1. The molecule has 14 nitrogen and oxygen atoms in total. The number of aromatic nitrogens is 2. The highest BCUT2D eigenvalue weighted by molar-refractivity contribution is 6.38. The normalized spacial score (nSPS) is 20.4. The number of amides is 5. The summed E-state index contributed by atoms with van der Waals surface area (Å²) in [7, 11) is 0. The Labute approximate surface area is 319 Å². The second-order valence-corrected chi connectivity index (χ2v) is 15.8. The lowest BCUT2D eigenvalue weighted by atomic mass is 9.82. The molecule has 0 spiro atoms. The number of hydrogen-bond acceptors (Lipinski definition) is 9. The molecule has 3 fully saturated rings. The molecule has 1 aliphatic heterocycles. The van der Waals surface area contributed by atoms with E-state index in [1.54, 1.807) is 27.7 Å². The lowest BCUT2D eigenvalue weighted by molar-refractivity contribution is -0.145. The van der Waals surface area contributed by atoms with Crippen molar-refractivity contribution >= 4 is 35.3 Å². The number of nitrogens with one attached hydrogen (secondary N) is 4. The van der Waals surface area contributed by atoms with Gasteiger partial charge in [-0.1, -0.05) is 53.4 Å². The smallest absolute Gasteiger partial charge is 0.289 e. The maximum atomic E-state index is 14.7. The lowest BCUT2D eigenvalue weighted by Gasteiger charge is -2.37. The summed E-state index contributed by atoms with van der Waals surface area (Å²) in [6.45, 7) is 6.80. The van der Waals surface area contributed by atoms with Gasteiger partial charge < -0.3 is 30.9 Å². The van der Waals surface area contributed by atoms with Crippen LogP contribution in [0.15, 0.2) is 36.8 Å². The van der Waals surface area contributed by atoms with Crippen molar-refractivity contribution in [2.45, 2.75) is 128 Å². The molecule has 298 valence electrons. The molecule has 16 heteroatoms. The zero-order chi connectivity index (χ0) is 39.9. The van der Waals surface area contributed by atoms with Crippen molar-refractivity contribution in [3.8, 4) is 5.75 Å². The number of nitrogens with zero attached hydrogens (tertiary/aromatic N) is 3. The van der Waals surface area contributed by atoms with Gasteiger partial charge in [0.1, 0.15) is 35.7 Å². The minimum atomic E-state index is -1.26. The predicted molar refractivity (Wildman–Crippen MR) is 195 cm³/mol. The molecule has 2 saturated carbocycles. The summed E-state index contributed by atoms with van der Waals surface area (Å²) in [6.07, 6.45) is 9.22. The van der Waals surface area contributed by atoms with E-state index in [9.17, 15) is 37.5 Å². The van der Waals surface area contributed by atoms with Gasteiger partial charge in [-0.15, -0.1) is 0 Å². The molecule has 1 saturated heterocycles. The molecule has 4 N–H and O–H groups in total. The molecule has 5 atom stereocenters. The molecule has 0 unspecified atom stereocenters. The van der Waals surface area contributed by atoms with Gasteiger partial charge in [-0.2, -0.15) is 0 Å². The van der Waals surface area contributed by atoms with Crippen molar-refractivity contribution in [2.24, 2.45) is 11.3 Å². The van der Waals surface area contributed by atoms with Gasteiger partial charge in [0, 0.05) is 30.9 Å². The van der Waals surface area contributed by atoms with Gasteiger partial charge in [0.2, 0.25) is 23.5 Å². The summed E-state index contributed by atoms with van der Waals surface area (Å²) < 4.78 is 34.3. The van der Waals surface area contributed by atoms with Crippen molar-refractivity contribution < 1.29 is 42.3 Å². The maximum Gasteiger partial charge on any atom is 0.289 e. The predicted octanol–water partition coefficient (Wildman–Crippen LogP) is 3.15. The summed E-state index contributed by atoms with van der Waals surface area (Å²) in [6, 6.07) is -1.96. The Hall–Kier alpha value is -5.02. The average Bonchev–Trinajstić information content (AvgIpc) is 3.87. The zero-order valence-corrected chi connectivity index (χ0v) is 31.7. The minimum absolute atomic E-state index is 0.0268. The van der Waals surface area contributed by atoms with Gasteiger partial charge in [0.15, 0.2) is 11.6 Å². The first-order valence-corrected chi connectivity index (χ1v) is 19.1. The molecule has 2 aliphatic carbocycles. The van der Waals surface area contributed by atoms with Crippen LogP contribution in [0.2, 0.25) is 0 Å². The number of ether oxygens (including phenoxy) is 1. The fourth-order valence-electron chi connectivity index (χ4n) is 7.14. The fraction of sp³-hybridized carbons (Fsp3) is 0.590. The van der Waals surface area contributed by atoms with Gasteiger partial charge in [0.25, 0.3) is 11.8 Å². The number of ketones is 1. The van der Waals surface area contributed by atoms with Crippen molar-refractivity contribution in [1.82, 2.24) is 36.1 Å². The fourth-order valence-corrected chi connectivity index (χ4v) is 7.14. The van der Waals surface area contributed by atoms with Crippen LogP contribution in [0, 0.1) is 23.0 Å². The van der Waals surface area contributed by atoms with Gasteiger partial charge in [-0.05, 0) is 55.6 Å². The number of Topliss-reactive ketones (excluding diaryl/α,β-unsaturated/α-hetero) is 1. The van der Waals surface area contributed by atoms with Crippen LogP contribution in [0.5, 0.6) is 5.75 Å².